The fourth-order valence-corrected chi connectivity index (χ4v) is 7.04. The van der Waals surface area contributed by atoms with Gasteiger partial charge in [0.2, 0.25) is 0 Å². The normalized spacial score (nSPS) is 14.4. The second-order valence-corrected chi connectivity index (χ2v) is 17.2. The van der Waals surface area contributed by atoms with Crippen LogP contribution in [0.2, 0.25) is 0 Å². The van der Waals surface area contributed by atoms with Gasteiger partial charge in [-0.2, -0.15) is 0 Å². The summed E-state index contributed by atoms with van der Waals surface area (Å²) in [7, 11) is -4.64. The van der Waals surface area contributed by atoms with Crippen LogP contribution in [0.3, 0.4) is 0 Å². The van der Waals surface area contributed by atoms with Gasteiger partial charge in [0.15, 0.2) is 6.10 Å². The topological polar surface area (TPSA) is 149 Å². The van der Waals surface area contributed by atoms with E-state index in [9.17, 15) is 24.2 Å². The Kier molecular flexibility index (Phi) is 43.5. The molecule has 10 nitrogen and oxygen atoms in total. The number of hydrogen-bond donors (Lipinski definition) is 3. The number of aliphatic hydroxyl groups is 2. The van der Waals surface area contributed by atoms with Crippen molar-refractivity contribution in [3.05, 3.63) is 72.9 Å². The third-order valence-corrected chi connectivity index (χ3v) is 10.8. The molecule has 0 fully saturated rings. The predicted molar refractivity (Wildman–Crippen MR) is 251 cm³/mol. The molecule has 352 valence electrons. The number of esters is 2. The van der Waals surface area contributed by atoms with Gasteiger partial charge in [-0.15, -0.1) is 0 Å². The summed E-state index contributed by atoms with van der Waals surface area (Å²) >= 11 is 0. The number of rotatable bonds is 44. The molecule has 0 saturated heterocycles. The van der Waals surface area contributed by atoms with Crippen LogP contribution in [0.25, 0.3) is 0 Å². The van der Waals surface area contributed by atoms with Gasteiger partial charge in [-0.1, -0.05) is 202 Å². The fraction of sp³-hybridized carbons (Fsp3) is 0.720. The monoisotopic (exact) mass is 879 g/mol. The first-order valence-electron chi connectivity index (χ1n) is 23.9. The van der Waals surface area contributed by atoms with Crippen molar-refractivity contribution in [2.75, 3.05) is 26.4 Å². The van der Waals surface area contributed by atoms with Gasteiger partial charge in [0.1, 0.15) is 12.7 Å². The maximum absolute atomic E-state index is 12.6. The highest BCUT2D eigenvalue weighted by Gasteiger charge is 2.27. The Balaban J connectivity index is 4.34. The molecule has 11 heteroatoms. The zero-order chi connectivity index (χ0) is 44.8. The number of carbonyl (C=O) groups excluding carboxylic acids is 2. The number of hydrogen-bond acceptors (Lipinski definition) is 9. The molecule has 0 aliphatic rings. The molecule has 61 heavy (non-hydrogen) atoms. The Morgan fingerprint density at radius 2 is 0.902 bits per heavy atom. The van der Waals surface area contributed by atoms with Gasteiger partial charge >= 0.3 is 19.8 Å². The number of carbonyl (C=O) groups is 2. The Morgan fingerprint density at radius 3 is 1.33 bits per heavy atom. The van der Waals surface area contributed by atoms with Crippen molar-refractivity contribution < 1.29 is 47.8 Å². The minimum Gasteiger partial charge on any atom is -0.462 e. The molecule has 0 aliphatic carbocycles. The van der Waals surface area contributed by atoms with Crippen molar-refractivity contribution in [2.45, 2.75) is 206 Å². The van der Waals surface area contributed by atoms with E-state index in [2.05, 4.69) is 79.1 Å². The molecule has 0 amide bonds. The third-order valence-electron chi connectivity index (χ3n) is 9.89. The molecule has 0 aromatic rings. The smallest absolute Gasteiger partial charge is 0.462 e. The van der Waals surface area contributed by atoms with Crippen LogP contribution in [0, 0.1) is 0 Å². The Morgan fingerprint density at radius 1 is 0.508 bits per heavy atom. The second kappa shape index (κ2) is 45.4. The maximum atomic E-state index is 12.6. The first-order chi connectivity index (χ1) is 29.7. The van der Waals surface area contributed by atoms with Gasteiger partial charge in [0.05, 0.1) is 19.8 Å². The number of unbranched alkanes of at least 4 members (excludes halogenated alkanes) is 18. The second-order valence-electron chi connectivity index (χ2n) is 15.8. The lowest BCUT2D eigenvalue weighted by atomic mass is 10.0. The van der Waals surface area contributed by atoms with Crippen molar-refractivity contribution in [1.29, 1.82) is 0 Å². The van der Waals surface area contributed by atoms with Crippen molar-refractivity contribution in [1.82, 2.24) is 0 Å². The van der Waals surface area contributed by atoms with E-state index in [0.29, 0.717) is 12.8 Å². The van der Waals surface area contributed by atoms with E-state index in [1.807, 2.05) is 12.2 Å². The SMILES string of the molecule is CC/C=C\C/C=C\C/C=C\C/C=C\C/C=C\C/C=C\CCC(=O)O[C@H](COC(=O)CCCCCCCCCCCCCCCCCCCCC)COP(=O)(O)OC[C@@H](O)CO. The standard InChI is InChI=1S/C50H87O10P/c1-3-5-7-9-11-13-15-17-19-21-23-25-27-29-31-33-35-37-39-41-49(53)57-45-48(46-59-61(55,56)58-44-47(52)43-51)60-50(54)42-40-38-36-34-32-30-28-26-24-22-20-18-16-14-12-10-8-6-4-2/h6,8,12,14,18,20,24,26,30,32,36,38,47-48,51-52H,3-5,7,9-11,13,15-17,19,21-23,25,27-29,31,33-35,37,39-46H2,1-2H3,(H,55,56)/b8-6-,14-12-,20-18-,26-24-,32-30-,38-36-/t47-,48+/m0/s1. The molecule has 0 heterocycles. The summed E-state index contributed by atoms with van der Waals surface area (Å²) in [4.78, 5) is 35.1. The van der Waals surface area contributed by atoms with Gasteiger partial charge in [-0.25, -0.2) is 4.57 Å². The quantitative estimate of drug-likeness (QED) is 0.0234. The van der Waals surface area contributed by atoms with Gasteiger partial charge in [-0.3, -0.25) is 18.6 Å². The summed E-state index contributed by atoms with van der Waals surface area (Å²) in [6.45, 7) is 2.20. The molecule has 0 bridgehead atoms. The van der Waals surface area contributed by atoms with E-state index in [4.69, 9.17) is 19.1 Å². The van der Waals surface area contributed by atoms with E-state index in [-0.39, 0.29) is 19.4 Å². The fourth-order valence-electron chi connectivity index (χ4n) is 6.26. The van der Waals surface area contributed by atoms with E-state index in [0.717, 1.165) is 57.8 Å². The van der Waals surface area contributed by atoms with Crippen molar-refractivity contribution >= 4 is 19.8 Å². The van der Waals surface area contributed by atoms with Gasteiger partial charge in [-0.05, 0) is 51.4 Å². The van der Waals surface area contributed by atoms with Gasteiger partial charge < -0.3 is 24.6 Å². The molecule has 0 aliphatic heterocycles. The minimum atomic E-state index is -4.64. The Bertz CT molecular complexity index is 1240. The van der Waals surface area contributed by atoms with E-state index in [1.165, 1.54) is 96.3 Å². The Hall–Kier alpha value is -2.59. The highest BCUT2D eigenvalue weighted by Crippen LogP contribution is 2.43. The minimum absolute atomic E-state index is 0.0575. The lowest BCUT2D eigenvalue weighted by Crippen LogP contribution is -2.29. The van der Waals surface area contributed by atoms with E-state index < -0.39 is 51.8 Å². The molecule has 0 aromatic heterocycles. The average Bonchev–Trinajstić information content (AvgIpc) is 3.25. The number of phosphoric acid groups is 1. The summed E-state index contributed by atoms with van der Waals surface area (Å²) in [6, 6.07) is 0. The molecule has 3 atom stereocenters. The largest absolute Gasteiger partial charge is 0.472 e. The highest BCUT2D eigenvalue weighted by atomic mass is 31.2. The average molecular weight is 879 g/mol. The highest BCUT2D eigenvalue weighted by molar-refractivity contribution is 7.47. The number of phosphoric ester groups is 1. The van der Waals surface area contributed by atoms with Crippen molar-refractivity contribution in [3.8, 4) is 0 Å². The van der Waals surface area contributed by atoms with Crippen LogP contribution in [-0.4, -0.2) is 65.7 Å². The van der Waals surface area contributed by atoms with Crippen LogP contribution in [-0.2, 0) is 32.7 Å². The molecule has 3 N–H and O–H groups in total. The number of allylic oxidation sites excluding steroid dienone is 12. The molecule has 1 unspecified atom stereocenters. The van der Waals surface area contributed by atoms with Crippen molar-refractivity contribution in [2.24, 2.45) is 0 Å². The predicted octanol–water partition coefficient (Wildman–Crippen LogP) is 13.2. The van der Waals surface area contributed by atoms with Crippen LogP contribution < -0.4 is 0 Å². The van der Waals surface area contributed by atoms with E-state index in [1.54, 1.807) is 0 Å². The van der Waals surface area contributed by atoms with Crippen LogP contribution >= 0.6 is 7.82 Å². The molecular weight excluding hydrogens is 792 g/mol. The molecule has 0 rings (SSSR count). The summed E-state index contributed by atoms with van der Waals surface area (Å²) < 4.78 is 32.7. The molecular formula is C50H87O10P. The van der Waals surface area contributed by atoms with Crippen LogP contribution in [0.5, 0.6) is 0 Å². The summed E-state index contributed by atoms with van der Waals surface area (Å²) in [5, 5.41) is 18.4. The maximum Gasteiger partial charge on any atom is 0.472 e. The lowest BCUT2D eigenvalue weighted by Gasteiger charge is -2.20. The van der Waals surface area contributed by atoms with Gasteiger partial charge in [0, 0.05) is 12.8 Å². The summed E-state index contributed by atoms with van der Waals surface area (Å²) in [5.74, 6) is -1.02. The first-order valence-corrected chi connectivity index (χ1v) is 25.4. The van der Waals surface area contributed by atoms with Crippen molar-refractivity contribution in [3.63, 3.8) is 0 Å². The lowest BCUT2D eigenvalue weighted by molar-refractivity contribution is -0.161. The number of ether oxygens (including phenoxy) is 2. The zero-order valence-corrected chi connectivity index (χ0v) is 39.3. The zero-order valence-electron chi connectivity index (χ0n) is 38.4. The molecule has 0 saturated carbocycles. The van der Waals surface area contributed by atoms with Crippen LogP contribution in [0.15, 0.2) is 72.9 Å². The number of aliphatic hydroxyl groups excluding tert-OH is 2. The van der Waals surface area contributed by atoms with Gasteiger partial charge in [0.25, 0.3) is 0 Å². The summed E-state index contributed by atoms with van der Waals surface area (Å²) in [6.07, 6.45) is 53.1. The summed E-state index contributed by atoms with van der Waals surface area (Å²) in [5.41, 5.74) is 0. The van der Waals surface area contributed by atoms with Crippen LogP contribution in [0.4, 0.5) is 0 Å². The first kappa shape index (κ1) is 58.4. The van der Waals surface area contributed by atoms with E-state index >= 15 is 0 Å². The molecule has 0 radical (unpaired) electrons. The third kappa shape index (κ3) is 45.3. The molecule has 0 spiro atoms. The molecule has 0 aromatic carbocycles. The van der Waals surface area contributed by atoms with Crippen LogP contribution in [0.1, 0.15) is 194 Å². The Labute approximate surface area is 371 Å².